The maximum absolute atomic E-state index is 4.91. The van der Waals surface area contributed by atoms with Crippen LogP contribution in [0.25, 0.3) is 32.3 Å². The Morgan fingerprint density at radius 1 is 0.708 bits per heavy atom. The van der Waals surface area contributed by atoms with Crippen molar-refractivity contribution in [2.75, 3.05) is 0 Å². The summed E-state index contributed by atoms with van der Waals surface area (Å²) >= 11 is 1.73. The van der Waals surface area contributed by atoms with E-state index in [4.69, 9.17) is 4.98 Å². The van der Waals surface area contributed by atoms with Gasteiger partial charge in [-0.05, 0) is 5.56 Å². The van der Waals surface area contributed by atoms with Crippen LogP contribution in [0.2, 0.25) is 0 Å². The van der Waals surface area contributed by atoms with Gasteiger partial charge in [-0.15, -0.1) is 47.2 Å². The second-order valence-electron chi connectivity index (χ2n) is 5.21. The first kappa shape index (κ1) is 16.8. The molecule has 0 spiro atoms. The predicted molar refractivity (Wildman–Crippen MR) is 97.3 cm³/mol. The first-order chi connectivity index (χ1) is 11.4. The number of nitrogens with zero attached hydrogens (tertiary/aromatic N) is 1. The zero-order valence-corrected chi connectivity index (χ0v) is 16.0. The third-order valence-corrected chi connectivity index (χ3v) is 4.80. The van der Waals surface area contributed by atoms with Gasteiger partial charge in [0.2, 0.25) is 0 Å². The van der Waals surface area contributed by atoms with Gasteiger partial charge in [0.1, 0.15) is 5.01 Å². The third kappa shape index (κ3) is 3.39. The molecule has 0 bridgehead atoms. The standard InChI is InChI=1S/C21H14NS.Ir/c1-4-10-16(11-5-1)19-20(17-12-6-2-7-13-17)23-21(22-19)18-14-8-3-9-15-18;/h1-10,12-15H;/q-1;. The van der Waals surface area contributed by atoms with E-state index in [1.165, 1.54) is 10.4 Å². The van der Waals surface area contributed by atoms with Gasteiger partial charge < -0.3 is 0 Å². The molecular formula is C21H14IrNS-. The van der Waals surface area contributed by atoms with Crippen LogP contribution in [-0.4, -0.2) is 4.98 Å². The van der Waals surface area contributed by atoms with Gasteiger partial charge in [-0.25, -0.2) is 0 Å². The van der Waals surface area contributed by atoms with E-state index in [2.05, 4.69) is 48.5 Å². The molecule has 0 fully saturated rings. The van der Waals surface area contributed by atoms with Crippen LogP contribution in [0.15, 0.2) is 84.9 Å². The van der Waals surface area contributed by atoms with Crippen LogP contribution < -0.4 is 0 Å². The molecule has 0 N–H and O–H groups in total. The van der Waals surface area contributed by atoms with E-state index in [1.54, 1.807) is 11.3 Å². The van der Waals surface area contributed by atoms with Crippen LogP contribution in [0.5, 0.6) is 0 Å². The zero-order valence-electron chi connectivity index (χ0n) is 12.8. The maximum Gasteiger partial charge on any atom is 0.113 e. The summed E-state index contributed by atoms with van der Waals surface area (Å²) in [7, 11) is 0. The van der Waals surface area contributed by atoms with Crippen LogP contribution in [0.3, 0.4) is 0 Å². The number of benzene rings is 3. The average molecular weight is 505 g/mol. The Morgan fingerprint density at radius 3 is 1.96 bits per heavy atom. The molecule has 0 aliphatic heterocycles. The summed E-state index contributed by atoms with van der Waals surface area (Å²) < 4.78 is 0. The summed E-state index contributed by atoms with van der Waals surface area (Å²) in [6.07, 6.45) is 0. The number of rotatable bonds is 3. The van der Waals surface area contributed by atoms with Gasteiger partial charge in [0.05, 0.1) is 0 Å². The summed E-state index contributed by atoms with van der Waals surface area (Å²) in [4.78, 5) is 6.10. The molecule has 1 aromatic heterocycles. The zero-order chi connectivity index (χ0) is 15.5. The van der Waals surface area contributed by atoms with Crippen LogP contribution in [-0.2, 0) is 20.1 Å². The summed E-state index contributed by atoms with van der Waals surface area (Å²) in [5, 5.41) is 1.04. The minimum absolute atomic E-state index is 0. The van der Waals surface area contributed by atoms with E-state index in [0.29, 0.717) is 0 Å². The van der Waals surface area contributed by atoms with Crippen molar-refractivity contribution in [2.24, 2.45) is 0 Å². The van der Waals surface area contributed by atoms with E-state index < -0.39 is 0 Å². The Kier molecular flexibility index (Phi) is 5.37. The summed E-state index contributed by atoms with van der Waals surface area (Å²) in [6, 6.07) is 32.1. The first-order valence-corrected chi connectivity index (χ1v) is 8.32. The van der Waals surface area contributed by atoms with Gasteiger partial charge in [-0.2, -0.15) is 0 Å². The molecule has 0 amide bonds. The monoisotopic (exact) mass is 505 g/mol. The Hall–Kier alpha value is -2.06. The van der Waals surface area contributed by atoms with Crippen molar-refractivity contribution in [2.45, 2.75) is 0 Å². The molecule has 24 heavy (non-hydrogen) atoms. The Bertz CT molecular complexity index is 846. The molecule has 0 aliphatic rings. The minimum atomic E-state index is 0. The van der Waals surface area contributed by atoms with Crippen molar-refractivity contribution in [1.29, 1.82) is 0 Å². The molecule has 0 aliphatic carbocycles. The second kappa shape index (κ2) is 7.67. The normalized spacial score (nSPS) is 10.2. The van der Waals surface area contributed by atoms with Crippen molar-refractivity contribution < 1.29 is 20.1 Å². The van der Waals surface area contributed by atoms with Gasteiger partial charge in [-0.1, -0.05) is 60.7 Å². The van der Waals surface area contributed by atoms with E-state index in [-0.39, 0.29) is 20.1 Å². The van der Waals surface area contributed by atoms with E-state index in [0.717, 1.165) is 21.8 Å². The quantitative estimate of drug-likeness (QED) is 0.315. The van der Waals surface area contributed by atoms with E-state index >= 15 is 0 Å². The number of aromatic nitrogens is 1. The molecule has 1 heterocycles. The number of hydrogen-bond donors (Lipinski definition) is 0. The topological polar surface area (TPSA) is 12.9 Å². The largest absolute Gasteiger partial charge is 0.285 e. The summed E-state index contributed by atoms with van der Waals surface area (Å²) in [5.41, 5.74) is 4.38. The molecular weight excluding hydrogens is 491 g/mol. The molecule has 1 nitrogen and oxygen atoms in total. The average Bonchev–Trinajstić information content (AvgIpc) is 3.09. The first-order valence-electron chi connectivity index (χ1n) is 7.50. The van der Waals surface area contributed by atoms with E-state index in [1.807, 2.05) is 42.5 Å². The molecule has 0 saturated heterocycles. The van der Waals surface area contributed by atoms with Crippen molar-refractivity contribution in [3.63, 3.8) is 0 Å². The molecule has 3 heteroatoms. The summed E-state index contributed by atoms with van der Waals surface area (Å²) in [5.74, 6) is 0. The van der Waals surface area contributed by atoms with Gasteiger partial charge in [0, 0.05) is 36.2 Å². The Balaban J connectivity index is 0.00000169. The number of hydrogen-bond acceptors (Lipinski definition) is 2. The van der Waals surface area contributed by atoms with Crippen molar-refractivity contribution in [3.05, 3.63) is 91.0 Å². The molecule has 0 atom stereocenters. The Morgan fingerprint density at radius 2 is 1.33 bits per heavy atom. The fourth-order valence-electron chi connectivity index (χ4n) is 2.53. The smallest absolute Gasteiger partial charge is 0.113 e. The molecule has 4 rings (SSSR count). The fourth-order valence-corrected chi connectivity index (χ4v) is 3.62. The van der Waals surface area contributed by atoms with E-state index in [9.17, 15) is 0 Å². The SMILES string of the molecule is [Ir].[c-]1ccccc1-c1nc(-c2ccccc2)sc1-c1ccccc1. The van der Waals surface area contributed by atoms with Gasteiger partial charge in [0.25, 0.3) is 0 Å². The van der Waals surface area contributed by atoms with Crippen molar-refractivity contribution in [3.8, 4) is 32.3 Å². The second-order valence-corrected chi connectivity index (χ2v) is 6.20. The molecule has 0 saturated carbocycles. The van der Waals surface area contributed by atoms with Gasteiger partial charge in [0.15, 0.2) is 0 Å². The Labute approximate surface area is 159 Å². The maximum atomic E-state index is 4.91. The van der Waals surface area contributed by atoms with Crippen LogP contribution >= 0.6 is 11.3 Å². The third-order valence-electron chi connectivity index (χ3n) is 3.65. The molecule has 0 unspecified atom stereocenters. The predicted octanol–water partition coefficient (Wildman–Crippen LogP) is 5.94. The number of thiazole rings is 1. The fraction of sp³-hybridized carbons (Fsp3) is 0. The molecule has 3 aromatic carbocycles. The van der Waals surface area contributed by atoms with Crippen LogP contribution in [0.4, 0.5) is 0 Å². The van der Waals surface area contributed by atoms with Crippen LogP contribution in [0.1, 0.15) is 0 Å². The van der Waals surface area contributed by atoms with Gasteiger partial charge in [-0.3, -0.25) is 4.98 Å². The van der Waals surface area contributed by atoms with Crippen molar-refractivity contribution >= 4 is 11.3 Å². The summed E-state index contributed by atoms with van der Waals surface area (Å²) in [6.45, 7) is 0. The molecule has 4 aromatic rings. The molecule has 119 valence electrons. The van der Waals surface area contributed by atoms with Crippen molar-refractivity contribution in [1.82, 2.24) is 4.98 Å². The van der Waals surface area contributed by atoms with Gasteiger partial charge >= 0.3 is 0 Å². The van der Waals surface area contributed by atoms with Crippen LogP contribution in [0, 0.1) is 6.07 Å². The molecule has 1 radical (unpaired) electrons. The minimum Gasteiger partial charge on any atom is -0.285 e.